The van der Waals surface area contributed by atoms with E-state index in [1.807, 2.05) is 24.3 Å². The van der Waals surface area contributed by atoms with Gasteiger partial charge < -0.3 is 9.72 Å². The summed E-state index contributed by atoms with van der Waals surface area (Å²) in [6.07, 6.45) is 0. The molecule has 0 unspecified atom stereocenters. The number of aromatic nitrogens is 1. The molecule has 3 aromatic rings. The van der Waals surface area contributed by atoms with E-state index in [-0.39, 0.29) is 5.97 Å². The van der Waals surface area contributed by atoms with Gasteiger partial charge in [-0.1, -0.05) is 15.9 Å². The highest BCUT2D eigenvalue weighted by Gasteiger charge is 2.14. The Labute approximate surface area is 110 Å². The topological polar surface area (TPSA) is 42.1 Å². The number of aromatic amines is 1. The van der Waals surface area contributed by atoms with Crippen molar-refractivity contribution >= 4 is 54.4 Å². The number of methoxy groups -OCH3 is 1. The van der Waals surface area contributed by atoms with Gasteiger partial charge in [-0.15, -0.1) is 11.3 Å². The van der Waals surface area contributed by atoms with Gasteiger partial charge in [0.1, 0.15) is 9.71 Å². The number of rotatable bonds is 1. The van der Waals surface area contributed by atoms with Crippen LogP contribution in [-0.2, 0) is 4.74 Å². The molecule has 0 atom stereocenters. The minimum Gasteiger partial charge on any atom is -0.465 e. The van der Waals surface area contributed by atoms with E-state index in [9.17, 15) is 4.79 Å². The molecule has 0 saturated heterocycles. The lowest BCUT2D eigenvalue weighted by Crippen LogP contribution is -1.96. The molecule has 0 aliphatic carbocycles. The molecule has 0 fully saturated rings. The minimum absolute atomic E-state index is 0.289. The number of nitrogens with one attached hydrogen (secondary N) is 1. The fourth-order valence-corrected chi connectivity index (χ4v) is 3.22. The van der Waals surface area contributed by atoms with E-state index in [0.29, 0.717) is 4.88 Å². The van der Waals surface area contributed by atoms with Gasteiger partial charge >= 0.3 is 5.97 Å². The van der Waals surface area contributed by atoms with Gasteiger partial charge in [-0.3, -0.25) is 0 Å². The van der Waals surface area contributed by atoms with Crippen molar-refractivity contribution < 1.29 is 9.53 Å². The quantitative estimate of drug-likeness (QED) is 0.692. The third kappa shape index (κ3) is 1.66. The highest BCUT2D eigenvalue weighted by Crippen LogP contribution is 2.33. The Morgan fingerprint density at radius 2 is 2.18 bits per heavy atom. The zero-order valence-corrected chi connectivity index (χ0v) is 11.3. The van der Waals surface area contributed by atoms with Crippen LogP contribution in [0.15, 0.2) is 28.7 Å². The first-order valence-corrected chi connectivity index (χ1v) is 6.59. The van der Waals surface area contributed by atoms with Crippen molar-refractivity contribution in [2.75, 3.05) is 7.11 Å². The number of hydrogen-bond donors (Lipinski definition) is 1. The smallest absolute Gasteiger partial charge is 0.348 e. The molecule has 3 nitrogen and oxygen atoms in total. The molecule has 0 amide bonds. The maximum atomic E-state index is 11.4. The Hall–Kier alpha value is -1.33. The van der Waals surface area contributed by atoms with Gasteiger partial charge in [0.2, 0.25) is 0 Å². The monoisotopic (exact) mass is 309 g/mol. The summed E-state index contributed by atoms with van der Waals surface area (Å²) in [4.78, 5) is 16.4. The van der Waals surface area contributed by atoms with Crippen LogP contribution in [0.25, 0.3) is 21.1 Å². The molecule has 5 heteroatoms. The van der Waals surface area contributed by atoms with Crippen molar-refractivity contribution in [3.63, 3.8) is 0 Å². The summed E-state index contributed by atoms with van der Waals surface area (Å²) < 4.78 is 5.74. The fourth-order valence-electron chi connectivity index (χ4n) is 1.86. The number of hydrogen-bond acceptors (Lipinski definition) is 3. The SMILES string of the molecule is COC(=O)c1cc2c([nH]c3ccc(Br)cc32)s1. The van der Waals surface area contributed by atoms with Crippen molar-refractivity contribution in [3.05, 3.63) is 33.6 Å². The lowest BCUT2D eigenvalue weighted by atomic mass is 10.2. The van der Waals surface area contributed by atoms with Gasteiger partial charge in [-0.25, -0.2) is 4.79 Å². The summed E-state index contributed by atoms with van der Waals surface area (Å²) in [7, 11) is 1.39. The highest BCUT2D eigenvalue weighted by atomic mass is 79.9. The van der Waals surface area contributed by atoms with Crippen molar-refractivity contribution in [2.24, 2.45) is 0 Å². The Morgan fingerprint density at radius 1 is 1.35 bits per heavy atom. The number of carbonyl (C=O) groups excluding carboxylic acids is 1. The molecular weight excluding hydrogens is 302 g/mol. The van der Waals surface area contributed by atoms with E-state index in [1.54, 1.807) is 0 Å². The van der Waals surface area contributed by atoms with Crippen molar-refractivity contribution in [1.29, 1.82) is 0 Å². The Morgan fingerprint density at radius 3 is 2.94 bits per heavy atom. The van der Waals surface area contributed by atoms with Crippen LogP contribution in [0.2, 0.25) is 0 Å². The molecule has 0 spiro atoms. The molecule has 86 valence electrons. The molecule has 1 N–H and O–H groups in total. The standard InChI is InChI=1S/C12H8BrNO2S/c1-16-12(15)10-5-8-7-4-6(13)2-3-9(7)14-11(8)17-10/h2-5,14H,1H3. The van der Waals surface area contributed by atoms with Gasteiger partial charge in [-0.05, 0) is 24.3 Å². The number of fused-ring (bicyclic) bond motifs is 3. The van der Waals surface area contributed by atoms with E-state index in [4.69, 9.17) is 4.74 Å². The largest absolute Gasteiger partial charge is 0.465 e. The summed E-state index contributed by atoms with van der Waals surface area (Å²) in [6.45, 7) is 0. The second-order valence-electron chi connectivity index (χ2n) is 3.66. The van der Waals surface area contributed by atoms with Crippen LogP contribution in [0, 0.1) is 0 Å². The predicted octanol–water partition coefficient (Wildman–Crippen LogP) is 3.93. The summed E-state index contributed by atoms with van der Waals surface area (Å²) in [6, 6.07) is 7.92. The third-order valence-electron chi connectivity index (χ3n) is 2.64. The highest BCUT2D eigenvalue weighted by molar-refractivity contribution is 9.10. The summed E-state index contributed by atoms with van der Waals surface area (Å²) in [5.74, 6) is -0.289. The summed E-state index contributed by atoms with van der Waals surface area (Å²) >= 11 is 4.87. The maximum Gasteiger partial charge on any atom is 0.348 e. The fraction of sp³-hybridized carbons (Fsp3) is 0.0833. The van der Waals surface area contributed by atoms with Crippen LogP contribution in [0.5, 0.6) is 0 Å². The summed E-state index contributed by atoms with van der Waals surface area (Å²) in [5, 5.41) is 2.17. The molecule has 1 aromatic carbocycles. The van der Waals surface area contributed by atoms with Gasteiger partial charge in [-0.2, -0.15) is 0 Å². The molecule has 2 heterocycles. The maximum absolute atomic E-state index is 11.4. The number of carbonyl (C=O) groups is 1. The average Bonchev–Trinajstić information content (AvgIpc) is 2.86. The van der Waals surface area contributed by atoms with E-state index in [2.05, 4.69) is 20.9 Å². The number of H-pyrrole nitrogens is 1. The zero-order chi connectivity index (χ0) is 12.0. The lowest BCUT2D eigenvalue weighted by Gasteiger charge is -1.93. The molecule has 17 heavy (non-hydrogen) atoms. The van der Waals surface area contributed by atoms with Crippen LogP contribution >= 0.6 is 27.3 Å². The summed E-state index contributed by atoms with van der Waals surface area (Å²) in [5.41, 5.74) is 1.07. The predicted molar refractivity (Wildman–Crippen MR) is 72.7 cm³/mol. The van der Waals surface area contributed by atoms with Crippen molar-refractivity contribution in [2.45, 2.75) is 0 Å². The number of halogens is 1. The van der Waals surface area contributed by atoms with E-state index in [1.165, 1.54) is 18.4 Å². The van der Waals surface area contributed by atoms with E-state index >= 15 is 0 Å². The molecule has 0 aliphatic rings. The van der Waals surface area contributed by atoms with E-state index in [0.717, 1.165) is 25.6 Å². The third-order valence-corrected chi connectivity index (χ3v) is 4.16. The Kier molecular flexibility index (Phi) is 2.45. The van der Waals surface area contributed by atoms with Crippen LogP contribution in [0.4, 0.5) is 0 Å². The second kappa shape index (κ2) is 3.85. The van der Waals surface area contributed by atoms with Crippen LogP contribution < -0.4 is 0 Å². The molecular formula is C12H8BrNO2S. The number of esters is 1. The Bertz CT molecular complexity index is 729. The Balaban J connectivity index is 2.30. The average molecular weight is 310 g/mol. The molecule has 0 saturated carbocycles. The second-order valence-corrected chi connectivity index (χ2v) is 5.63. The van der Waals surface area contributed by atoms with Crippen molar-refractivity contribution in [3.8, 4) is 0 Å². The first-order chi connectivity index (χ1) is 8.19. The van der Waals surface area contributed by atoms with Gasteiger partial charge in [0.25, 0.3) is 0 Å². The zero-order valence-electron chi connectivity index (χ0n) is 8.91. The molecule has 0 radical (unpaired) electrons. The molecule has 0 aliphatic heterocycles. The number of ether oxygens (including phenoxy) is 1. The van der Waals surface area contributed by atoms with E-state index < -0.39 is 0 Å². The normalized spacial score (nSPS) is 11.2. The van der Waals surface area contributed by atoms with Crippen LogP contribution in [-0.4, -0.2) is 18.1 Å². The van der Waals surface area contributed by atoms with Crippen molar-refractivity contribution in [1.82, 2.24) is 4.98 Å². The minimum atomic E-state index is -0.289. The van der Waals surface area contributed by atoms with Crippen LogP contribution in [0.3, 0.4) is 0 Å². The van der Waals surface area contributed by atoms with Gasteiger partial charge in [0, 0.05) is 20.8 Å². The molecule has 0 bridgehead atoms. The van der Waals surface area contributed by atoms with Gasteiger partial charge in [0.15, 0.2) is 0 Å². The van der Waals surface area contributed by atoms with Crippen LogP contribution in [0.1, 0.15) is 9.67 Å². The number of thiophene rings is 1. The molecule has 3 rings (SSSR count). The first kappa shape index (κ1) is 10.8. The number of benzene rings is 1. The van der Waals surface area contributed by atoms with Gasteiger partial charge in [0.05, 0.1) is 7.11 Å². The lowest BCUT2D eigenvalue weighted by molar-refractivity contribution is 0.0606. The molecule has 2 aromatic heterocycles. The first-order valence-electron chi connectivity index (χ1n) is 4.98.